The van der Waals surface area contributed by atoms with Crippen molar-refractivity contribution in [3.05, 3.63) is 83.9 Å². The lowest BCUT2D eigenvalue weighted by molar-refractivity contribution is -0.159. The molecule has 2 fully saturated rings. The van der Waals surface area contributed by atoms with Crippen LogP contribution in [-0.2, 0) is 19.2 Å². The summed E-state index contributed by atoms with van der Waals surface area (Å²) >= 11 is 1.67. The fourth-order valence-electron chi connectivity index (χ4n) is 5.81. The third-order valence-electron chi connectivity index (χ3n) is 8.38. The monoisotopic (exact) mass is 734 g/mol. The minimum atomic E-state index is -1.82. The van der Waals surface area contributed by atoms with E-state index in [2.05, 4.69) is 34.1 Å². The number of aliphatic carboxylic acids is 4. The Kier molecular flexibility index (Phi) is 15.1. The average molecular weight is 735 g/mol. The molecular weight excluding hydrogens is 692 g/mol. The molecule has 4 aromatic rings. The summed E-state index contributed by atoms with van der Waals surface area (Å²) in [5.41, 5.74) is 2.48. The first kappa shape index (κ1) is 39.5. The maximum atomic E-state index is 13.9. The Labute approximate surface area is 304 Å². The van der Waals surface area contributed by atoms with Crippen molar-refractivity contribution in [3.8, 4) is 21.9 Å². The lowest BCUT2D eigenvalue weighted by Crippen LogP contribution is -2.25. The van der Waals surface area contributed by atoms with E-state index in [1.807, 2.05) is 48.5 Å². The van der Waals surface area contributed by atoms with Gasteiger partial charge in [0.25, 0.3) is 0 Å². The molecule has 0 unspecified atom stereocenters. The first-order valence-electron chi connectivity index (χ1n) is 16.9. The molecule has 2 saturated heterocycles. The number of hydrogen-bond donors (Lipinski definition) is 4. The van der Waals surface area contributed by atoms with E-state index < -0.39 is 23.9 Å². The molecule has 0 amide bonds. The second-order valence-electron chi connectivity index (χ2n) is 12.0. The highest BCUT2D eigenvalue weighted by Crippen LogP contribution is 2.40. The minimum absolute atomic E-state index is 0.0407. The van der Waals surface area contributed by atoms with Crippen molar-refractivity contribution in [2.24, 2.45) is 0 Å². The number of ether oxygens (including phenoxy) is 2. The van der Waals surface area contributed by atoms with Gasteiger partial charge in [-0.3, -0.25) is 9.69 Å². The summed E-state index contributed by atoms with van der Waals surface area (Å²) in [6, 6.07) is 24.0. The van der Waals surface area contributed by atoms with Crippen molar-refractivity contribution >= 4 is 51.1 Å². The molecule has 2 aliphatic heterocycles. The Bertz CT molecular complexity index is 1760. The third-order valence-corrected chi connectivity index (χ3v) is 9.60. The second kappa shape index (κ2) is 19.9. The first-order valence-corrected chi connectivity index (χ1v) is 17.7. The number of fused-ring (bicyclic) bond motifs is 1. The number of carboxylic acid groups (broad SMARTS) is 4. The molecule has 0 aliphatic carbocycles. The molecule has 0 bridgehead atoms. The molecule has 4 N–H and O–H groups in total. The fraction of sp³-hybridized carbons (Fsp3) is 0.342. The molecule has 0 saturated carbocycles. The van der Waals surface area contributed by atoms with E-state index in [0.717, 1.165) is 57.1 Å². The lowest BCUT2D eigenvalue weighted by atomic mass is 9.97. The summed E-state index contributed by atoms with van der Waals surface area (Å²) in [4.78, 5) is 56.3. The van der Waals surface area contributed by atoms with E-state index in [4.69, 9.17) is 49.1 Å². The zero-order chi connectivity index (χ0) is 37.5. The van der Waals surface area contributed by atoms with E-state index in [0.29, 0.717) is 18.8 Å². The van der Waals surface area contributed by atoms with Gasteiger partial charge < -0.3 is 34.8 Å². The third kappa shape index (κ3) is 11.9. The van der Waals surface area contributed by atoms with Gasteiger partial charge in [0, 0.05) is 39.2 Å². The van der Waals surface area contributed by atoms with Crippen LogP contribution in [0.2, 0.25) is 0 Å². The highest BCUT2D eigenvalue weighted by Gasteiger charge is 2.22. The molecule has 276 valence electrons. The number of hydrogen-bond acceptors (Lipinski definition) is 10. The van der Waals surface area contributed by atoms with Crippen LogP contribution in [0.1, 0.15) is 48.0 Å². The van der Waals surface area contributed by atoms with Gasteiger partial charge in [0.2, 0.25) is 0 Å². The number of carboxylic acids is 4. The minimum Gasteiger partial charge on any atom is -0.494 e. The molecule has 1 aromatic heterocycles. The smallest absolute Gasteiger partial charge is 0.414 e. The van der Waals surface area contributed by atoms with Crippen molar-refractivity contribution in [3.63, 3.8) is 0 Å². The highest BCUT2D eigenvalue weighted by atomic mass is 32.1. The molecule has 13 nitrogen and oxygen atoms in total. The molecule has 3 aromatic carbocycles. The van der Waals surface area contributed by atoms with Gasteiger partial charge in [-0.25, -0.2) is 19.2 Å². The topological polar surface area (TPSA) is 191 Å². The summed E-state index contributed by atoms with van der Waals surface area (Å²) in [6.45, 7) is 8.25. The van der Waals surface area contributed by atoms with E-state index in [1.54, 1.807) is 11.3 Å². The standard InChI is InChI=1S/C34H38N2O3S.2C2H2O4/c37-33(26-10-14-28(15-11-26)38-24-7-22-35-18-3-4-19-35)32-30-8-1-2-9-31(30)40-34(32)27-12-16-29(17-13-27)39-25-23-36-20-5-6-21-36;2*3-1(4)2(5)6/h1-2,8-17H,3-7,18-25H2;2*(H,3,4)(H,5,6). The lowest BCUT2D eigenvalue weighted by Gasteiger charge is -2.15. The predicted molar refractivity (Wildman–Crippen MR) is 195 cm³/mol. The van der Waals surface area contributed by atoms with Crippen molar-refractivity contribution in [2.45, 2.75) is 32.1 Å². The number of thiophene rings is 1. The Morgan fingerprint density at radius 1 is 0.596 bits per heavy atom. The van der Waals surface area contributed by atoms with Gasteiger partial charge in [-0.05, 0) is 118 Å². The van der Waals surface area contributed by atoms with Crippen LogP contribution in [0.25, 0.3) is 20.5 Å². The Balaban J connectivity index is 0.000000436. The van der Waals surface area contributed by atoms with E-state index in [-0.39, 0.29) is 5.78 Å². The SMILES string of the molecule is O=C(O)C(=O)O.O=C(O)C(=O)O.O=C(c1ccc(OCCCN2CCCC2)cc1)c1c(-c2ccc(OCCN3CCCC3)cc2)sc2ccccc12. The van der Waals surface area contributed by atoms with Gasteiger partial charge in [-0.2, -0.15) is 0 Å². The molecule has 2 aliphatic rings. The van der Waals surface area contributed by atoms with E-state index >= 15 is 0 Å². The number of rotatable bonds is 12. The predicted octanol–water partition coefficient (Wildman–Crippen LogP) is 5.45. The normalized spacial score (nSPS) is 14.1. The van der Waals surface area contributed by atoms with Crippen LogP contribution >= 0.6 is 11.3 Å². The molecule has 0 spiro atoms. The summed E-state index contributed by atoms with van der Waals surface area (Å²) in [5, 5.41) is 30.6. The van der Waals surface area contributed by atoms with Crippen LogP contribution in [0.3, 0.4) is 0 Å². The summed E-state index contributed by atoms with van der Waals surface area (Å²) in [5.74, 6) is -5.57. The Morgan fingerprint density at radius 3 is 1.62 bits per heavy atom. The highest BCUT2D eigenvalue weighted by molar-refractivity contribution is 7.22. The second-order valence-corrected chi connectivity index (χ2v) is 13.1. The Morgan fingerprint density at radius 2 is 1.08 bits per heavy atom. The number of ketones is 1. The first-order chi connectivity index (χ1) is 25.0. The number of carbonyl (C=O) groups is 5. The maximum absolute atomic E-state index is 13.9. The van der Waals surface area contributed by atoms with Gasteiger partial charge in [0.1, 0.15) is 18.1 Å². The largest absolute Gasteiger partial charge is 0.494 e. The van der Waals surface area contributed by atoms with Crippen LogP contribution in [-0.4, -0.2) is 112 Å². The van der Waals surface area contributed by atoms with Crippen molar-refractivity contribution < 1.29 is 53.9 Å². The molecule has 0 radical (unpaired) electrons. The summed E-state index contributed by atoms with van der Waals surface area (Å²) in [6.07, 6.45) is 6.24. The molecule has 0 atom stereocenters. The molecule has 14 heteroatoms. The zero-order valence-corrected chi connectivity index (χ0v) is 29.4. The molecular formula is C38H42N2O11S. The van der Waals surface area contributed by atoms with Gasteiger partial charge in [-0.15, -0.1) is 11.3 Å². The van der Waals surface area contributed by atoms with Crippen LogP contribution in [0.4, 0.5) is 0 Å². The van der Waals surface area contributed by atoms with Crippen LogP contribution in [0.5, 0.6) is 11.5 Å². The quantitative estimate of drug-likeness (QED) is 0.0817. The maximum Gasteiger partial charge on any atom is 0.414 e. The number of nitrogens with zero attached hydrogens (tertiary/aromatic N) is 2. The summed E-state index contributed by atoms with van der Waals surface area (Å²) in [7, 11) is 0. The van der Waals surface area contributed by atoms with Gasteiger partial charge in [-0.1, -0.05) is 18.2 Å². The number of likely N-dealkylation sites (tertiary alicyclic amines) is 2. The number of carbonyl (C=O) groups excluding carboxylic acids is 1. The molecule has 52 heavy (non-hydrogen) atoms. The van der Waals surface area contributed by atoms with E-state index in [1.165, 1.54) is 51.9 Å². The average Bonchev–Trinajstić information content (AvgIpc) is 3.93. The number of benzene rings is 3. The van der Waals surface area contributed by atoms with Gasteiger partial charge in [0.15, 0.2) is 5.78 Å². The van der Waals surface area contributed by atoms with E-state index in [9.17, 15) is 4.79 Å². The van der Waals surface area contributed by atoms with Crippen molar-refractivity contribution in [1.29, 1.82) is 0 Å². The fourth-order valence-corrected chi connectivity index (χ4v) is 7.01. The van der Waals surface area contributed by atoms with Gasteiger partial charge in [0.05, 0.1) is 6.61 Å². The van der Waals surface area contributed by atoms with Crippen LogP contribution < -0.4 is 9.47 Å². The molecule has 3 heterocycles. The van der Waals surface area contributed by atoms with Crippen LogP contribution in [0.15, 0.2) is 72.8 Å². The zero-order valence-electron chi connectivity index (χ0n) is 28.6. The molecule has 6 rings (SSSR count). The van der Waals surface area contributed by atoms with Crippen LogP contribution in [0, 0.1) is 0 Å². The Hall–Kier alpha value is -5.31. The van der Waals surface area contributed by atoms with Crippen molar-refractivity contribution in [2.75, 3.05) is 52.5 Å². The van der Waals surface area contributed by atoms with Crippen molar-refractivity contribution in [1.82, 2.24) is 9.80 Å². The summed E-state index contributed by atoms with van der Waals surface area (Å²) < 4.78 is 13.1. The van der Waals surface area contributed by atoms with Gasteiger partial charge >= 0.3 is 23.9 Å².